The lowest BCUT2D eigenvalue weighted by Crippen LogP contribution is -1.94. The van der Waals surface area contributed by atoms with Crippen LogP contribution in [0.2, 0.25) is 5.02 Å². The summed E-state index contributed by atoms with van der Waals surface area (Å²) in [6.45, 7) is 2.00. The zero-order valence-corrected chi connectivity index (χ0v) is 7.10. The minimum atomic E-state index is -0.00940. The number of aliphatic hydroxyl groups is 1. The molecule has 0 fully saturated rings. The summed E-state index contributed by atoms with van der Waals surface area (Å²) in [5, 5.41) is 9.47. The molecule has 60 valence electrons. The largest absolute Gasteiger partial charge is 0.392 e. The predicted octanol–water partition coefficient (Wildman–Crippen LogP) is 1.79. The van der Waals surface area contributed by atoms with Crippen LogP contribution in [0.5, 0.6) is 0 Å². The quantitative estimate of drug-likeness (QED) is 0.736. The fraction of sp³-hybridized carbons (Fsp3) is 0.375. The molecule has 1 heterocycles. The van der Waals surface area contributed by atoms with Crippen LogP contribution in [0.4, 0.5) is 0 Å². The van der Waals surface area contributed by atoms with Crippen molar-refractivity contribution in [2.45, 2.75) is 20.0 Å². The number of pyridine rings is 1. The van der Waals surface area contributed by atoms with Gasteiger partial charge in [-0.3, -0.25) is 4.98 Å². The van der Waals surface area contributed by atoms with E-state index in [9.17, 15) is 0 Å². The predicted molar refractivity (Wildman–Crippen MR) is 44.5 cm³/mol. The van der Waals surface area contributed by atoms with Gasteiger partial charge in [-0.2, -0.15) is 0 Å². The van der Waals surface area contributed by atoms with Crippen LogP contribution in [0.15, 0.2) is 12.4 Å². The molecule has 3 heteroatoms. The molecule has 0 radical (unpaired) electrons. The van der Waals surface area contributed by atoms with Crippen molar-refractivity contribution in [2.75, 3.05) is 0 Å². The molecule has 0 unspecified atom stereocenters. The molecule has 1 N–H and O–H groups in total. The summed E-state index contributed by atoms with van der Waals surface area (Å²) in [6.07, 6.45) is 4.13. The molecular weight excluding hydrogens is 162 g/mol. The molecule has 0 saturated heterocycles. The maximum atomic E-state index is 8.92. The molecule has 0 amide bonds. The third-order valence-electron chi connectivity index (χ3n) is 1.63. The number of aromatic nitrogens is 1. The van der Waals surface area contributed by atoms with Crippen molar-refractivity contribution < 1.29 is 5.11 Å². The van der Waals surface area contributed by atoms with E-state index < -0.39 is 0 Å². The molecule has 0 aromatic carbocycles. The van der Waals surface area contributed by atoms with Crippen molar-refractivity contribution in [1.29, 1.82) is 0 Å². The molecule has 0 bridgehead atoms. The summed E-state index contributed by atoms with van der Waals surface area (Å²) in [6, 6.07) is 0. The molecule has 1 rings (SSSR count). The second-order valence-corrected chi connectivity index (χ2v) is 2.68. The number of hydrogen-bond acceptors (Lipinski definition) is 2. The van der Waals surface area contributed by atoms with Gasteiger partial charge in [0.25, 0.3) is 0 Å². The van der Waals surface area contributed by atoms with Crippen molar-refractivity contribution in [3.05, 3.63) is 28.5 Å². The third-order valence-corrected chi connectivity index (χ3v) is 1.96. The number of hydrogen-bond donors (Lipinski definition) is 1. The Hall–Kier alpha value is -0.600. The zero-order chi connectivity index (χ0) is 8.27. The Balaban J connectivity index is 3.13. The topological polar surface area (TPSA) is 33.1 Å². The van der Waals surface area contributed by atoms with Gasteiger partial charge in [-0.05, 0) is 12.0 Å². The fourth-order valence-corrected chi connectivity index (χ4v) is 1.22. The minimum Gasteiger partial charge on any atom is -0.392 e. The fourth-order valence-electron chi connectivity index (χ4n) is 0.984. The van der Waals surface area contributed by atoms with Gasteiger partial charge in [-0.1, -0.05) is 18.5 Å². The standard InChI is InChI=1S/C8H10ClNO/c1-2-6-3-10-4-8(9)7(6)5-11/h3-4,11H,2,5H2,1H3. The van der Waals surface area contributed by atoms with Crippen LogP contribution in [-0.2, 0) is 13.0 Å². The highest BCUT2D eigenvalue weighted by atomic mass is 35.5. The molecule has 0 atom stereocenters. The van der Waals surface area contributed by atoms with Crippen LogP contribution in [-0.4, -0.2) is 10.1 Å². The van der Waals surface area contributed by atoms with Crippen LogP contribution < -0.4 is 0 Å². The van der Waals surface area contributed by atoms with Crippen LogP contribution in [0.3, 0.4) is 0 Å². The molecule has 0 aliphatic heterocycles. The van der Waals surface area contributed by atoms with E-state index in [1.807, 2.05) is 6.92 Å². The van der Waals surface area contributed by atoms with Gasteiger partial charge in [0.15, 0.2) is 0 Å². The van der Waals surface area contributed by atoms with Gasteiger partial charge < -0.3 is 5.11 Å². The molecule has 2 nitrogen and oxygen atoms in total. The van der Waals surface area contributed by atoms with E-state index in [4.69, 9.17) is 16.7 Å². The van der Waals surface area contributed by atoms with Crippen molar-refractivity contribution in [3.63, 3.8) is 0 Å². The van der Waals surface area contributed by atoms with Crippen LogP contribution in [0, 0.1) is 0 Å². The Morgan fingerprint density at radius 1 is 1.55 bits per heavy atom. The van der Waals surface area contributed by atoms with E-state index in [1.54, 1.807) is 12.4 Å². The van der Waals surface area contributed by atoms with E-state index in [1.165, 1.54) is 0 Å². The molecular formula is C8H10ClNO. The van der Waals surface area contributed by atoms with Gasteiger partial charge in [-0.25, -0.2) is 0 Å². The van der Waals surface area contributed by atoms with Crippen molar-refractivity contribution in [2.24, 2.45) is 0 Å². The molecule has 0 aliphatic carbocycles. The smallest absolute Gasteiger partial charge is 0.0700 e. The lowest BCUT2D eigenvalue weighted by Gasteiger charge is -2.04. The van der Waals surface area contributed by atoms with Crippen molar-refractivity contribution in [3.8, 4) is 0 Å². The van der Waals surface area contributed by atoms with E-state index >= 15 is 0 Å². The number of nitrogens with zero attached hydrogens (tertiary/aromatic N) is 1. The summed E-state index contributed by atoms with van der Waals surface area (Å²) in [5.74, 6) is 0. The number of halogens is 1. The Morgan fingerprint density at radius 3 is 2.73 bits per heavy atom. The van der Waals surface area contributed by atoms with Gasteiger partial charge in [0.1, 0.15) is 0 Å². The average molecular weight is 172 g/mol. The van der Waals surface area contributed by atoms with E-state index in [-0.39, 0.29) is 6.61 Å². The molecule has 11 heavy (non-hydrogen) atoms. The van der Waals surface area contributed by atoms with E-state index in [2.05, 4.69) is 4.98 Å². The Bertz CT molecular complexity index is 250. The first-order valence-electron chi connectivity index (χ1n) is 3.51. The first-order chi connectivity index (χ1) is 5.29. The first-order valence-corrected chi connectivity index (χ1v) is 3.89. The highest BCUT2D eigenvalue weighted by Crippen LogP contribution is 2.18. The highest BCUT2D eigenvalue weighted by Gasteiger charge is 2.03. The lowest BCUT2D eigenvalue weighted by atomic mass is 10.1. The van der Waals surface area contributed by atoms with E-state index in [0.717, 1.165) is 17.5 Å². The van der Waals surface area contributed by atoms with Crippen LogP contribution in [0.25, 0.3) is 0 Å². The summed E-state index contributed by atoms with van der Waals surface area (Å²) in [4.78, 5) is 3.92. The van der Waals surface area contributed by atoms with Crippen molar-refractivity contribution in [1.82, 2.24) is 4.98 Å². The first kappa shape index (κ1) is 8.50. The molecule has 1 aromatic heterocycles. The summed E-state index contributed by atoms with van der Waals surface area (Å²) >= 11 is 5.79. The van der Waals surface area contributed by atoms with Crippen molar-refractivity contribution >= 4 is 11.6 Å². The second kappa shape index (κ2) is 3.69. The highest BCUT2D eigenvalue weighted by molar-refractivity contribution is 6.31. The van der Waals surface area contributed by atoms with Gasteiger partial charge in [0.2, 0.25) is 0 Å². The number of rotatable bonds is 2. The Morgan fingerprint density at radius 2 is 2.27 bits per heavy atom. The summed E-state index contributed by atoms with van der Waals surface area (Å²) in [5.41, 5.74) is 1.81. The Labute approximate surface area is 70.8 Å². The normalized spacial score (nSPS) is 10.1. The lowest BCUT2D eigenvalue weighted by molar-refractivity contribution is 0.280. The molecule has 0 spiro atoms. The monoisotopic (exact) mass is 171 g/mol. The minimum absolute atomic E-state index is 0.00940. The second-order valence-electron chi connectivity index (χ2n) is 2.27. The zero-order valence-electron chi connectivity index (χ0n) is 6.34. The van der Waals surface area contributed by atoms with Crippen LogP contribution >= 0.6 is 11.6 Å². The maximum Gasteiger partial charge on any atom is 0.0700 e. The van der Waals surface area contributed by atoms with Crippen LogP contribution in [0.1, 0.15) is 18.1 Å². The average Bonchev–Trinajstić information content (AvgIpc) is 2.04. The van der Waals surface area contributed by atoms with E-state index in [0.29, 0.717) is 5.02 Å². The number of aliphatic hydroxyl groups excluding tert-OH is 1. The SMILES string of the molecule is CCc1cncc(Cl)c1CO. The third kappa shape index (κ3) is 1.70. The summed E-state index contributed by atoms with van der Waals surface area (Å²) < 4.78 is 0. The summed E-state index contributed by atoms with van der Waals surface area (Å²) in [7, 11) is 0. The van der Waals surface area contributed by atoms with Gasteiger partial charge >= 0.3 is 0 Å². The Kier molecular flexibility index (Phi) is 2.85. The van der Waals surface area contributed by atoms with Gasteiger partial charge in [0.05, 0.1) is 11.6 Å². The number of aryl methyl sites for hydroxylation is 1. The molecule has 0 aliphatic rings. The van der Waals surface area contributed by atoms with Gasteiger partial charge in [-0.15, -0.1) is 0 Å². The maximum absolute atomic E-state index is 8.92. The van der Waals surface area contributed by atoms with Gasteiger partial charge in [0, 0.05) is 18.0 Å². The molecule has 1 aromatic rings. The molecule has 0 saturated carbocycles.